The Balaban J connectivity index is 1.94. The summed E-state index contributed by atoms with van der Waals surface area (Å²) in [4.78, 5) is 37.3. The van der Waals surface area contributed by atoms with Gasteiger partial charge in [0.2, 0.25) is 0 Å². The Morgan fingerprint density at radius 1 is 1.00 bits per heavy atom. The van der Waals surface area contributed by atoms with E-state index in [9.17, 15) is 38.0 Å². The first-order chi connectivity index (χ1) is 16.5. The molecule has 1 amide bonds. The standard InChI is InChI=1S/C24H14ClF3N2O5/c25-16-8-4-14(5-9-16)21(31)19-20(13-6-10-17(11-7-13)30(34)35)29(23(33)22(19)32)18-3-1-2-15(12-18)24(26,27)28/h1-12,20,31H/b21-19-. The smallest absolute Gasteiger partial charge is 0.416 e. The molecule has 1 unspecified atom stereocenters. The number of carbonyl (C=O) groups excluding carboxylic acids is 2. The number of amides is 1. The van der Waals surface area contributed by atoms with Gasteiger partial charge in [0.05, 0.1) is 22.1 Å². The number of aliphatic hydroxyl groups excluding tert-OH is 1. The SMILES string of the molecule is O=C1C(=O)N(c2cccc(C(F)(F)F)c2)C(c2ccc([N+](=O)[O-])cc2)/C1=C(/O)c1ccc(Cl)cc1. The van der Waals surface area contributed by atoms with Crippen molar-refractivity contribution in [2.24, 2.45) is 0 Å². The summed E-state index contributed by atoms with van der Waals surface area (Å²) < 4.78 is 40.0. The minimum absolute atomic E-state index is 0.142. The van der Waals surface area contributed by atoms with Gasteiger partial charge in [-0.15, -0.1) is 0 Å². The van der Waals surface area contributed by atoms with Gasteiger partial charge in [0, 0.05) is 28.4 Å². The quantitative estimate of drug-likeness (QED) is 0.157. The van der Waals surface area contributed by atoms with Crippen molar-refractivity contribution in [1.29, 1.82) is 0 Å². The van der Waals surface area contributed by atoms with Gasteiger partial charge in [-0.3, -0.25) is 24.6 Å². The van der Waals surface area contributed by atoms with Crippen molar-refractivity contribution in [3.05, 3.63) is 110 Å². The van der Waals surface area contributed by atoms with Crippen molar-refractivity contribution in [2.45, 2.75) is 12.2 Å². The maximum absolute atomic E-state index is 13.3. The lowest BCUT2D eigenvalue weighted by molar-refractivity contribution is -0.384. The molecule has 3 aromatic carbocycles. The number of nitrogens with zero attached hydrogens (tertiary/aromatic N) is 2. The first-order valence-corrected chi connectivity index (χ1v) is 10.4. The molecule has 11 heteroatoms. The van der Waals surface area contributed by atoms with Crippen LogP contribution < -0.4 is 4.90 Å². The molecular formula is C24H14ClF3N2O5. The summed E-state index contributed by atoms with van der Waals surface area (Å²) in [5, 5.41) is 22.4. The molecule has 3 aromatic rings. The van der Waals surface area contributed by atoms with Crippen LogP contribution in [0.1, 0.15) is 22.7 Å². The fraction of sp³-hybridized carbons (Fsp3) is 0.0833. The summed E-state index contributed by atoms with van der Waals surface area (Å²) in [6.07, 6.45) is -4.71. The predicted octanol–water partition coefficient (Wildman–Crippen LogP) is 5.89. The van der Waals surface area contributed by atoms with Crippen molar-refractivity contribution in [3.8, 4) is 0 Å². The van der Waals surface area contributed by atoms with Crippen molar-refractivity contribution in [3.63, 3.8) is 0 Å². The van der Waals surface area contributed by atoms with Gasteiger partial charge in [-0.2, -0.15) is 13.2 Å². The molecule has 1 saturated heterocycles. The molecule has 4 rings (SSSR count). The minimum Gasteiger partial charge on any atom is -0.507 e. The Bertz CT molecular complexity index is 1370. The Labute approximate surface area is 200 Å². The third-order valence-electron chi connectivity index (χ3n) is 5.43. The molecular weight excluding hydrogens is 489 g/mol. The third-order valence-corrected chi connectivity index (χ3v) is 5.69. The highest BCUT2D eigenvalue weighted by Crippen LogP contribution is 2.43. The summed E-state index contributed by atoms with van der Waals surface area (Å²) in [5.74, 6) is -2.86. The second kappa shape index (κ2) is 8.88. The van der Waals surface area contributed by atoms with Crippen molar-refractivity contribution < 1.29 is 32.8 Å². The number of non-ortho nitro benzene ring substituents is 1. The Morgan fingerprint density at radius 3 is 2.20 bits per heavy atom. The normalized spacial score (nSPS) is 17.6. The van der Waals surface area contributed by atoms with Crippen LogP contribution in [0.15, 0.2) is 78.4 Å². The second-order valence-corrected chi connectivity index (χ2v) is 8.01. The number of ketones is 1. The van der Waals surface area contributed by atoms with E-state index in [1.54, 1.807) is 0 Å². The highest BCUT2D eigenvalue weighted by Gasteiger charge is 2.47. The first kappa shape index (κ1) is 24.0. The van der Waals surface area contributed by atoms with Crippen LogP contribution in [-0.2, 0) is 15.8 Å². The van der Waals surface area contributed by atoms with Gasteiger partial charge >= 0.3 is 6.18 Å². The summed E-state index contributed by atoms with van der Waals surface area (Å²) in [7, 11) is 0. The molecule has 7 nitrogen and oxygen atoms in total. The molecule has 0 aromatic heterocycles. The third kappa shape index (κ3) is 4.47. The number of alkyl halides is 3. The van der Waals surface area contributed by atoms with Crippen molar-refractivity contribution in [1.82, 2.24) is 0 Å². The van der Waals surface area contributed by atoms with Gasteiger partial charge in [-0.05, 0) is 60.2 Å². The molecule has 0 bridgehead atoms. The number of halogens is 4. The Hall–Kier alpha value is -4.18. The number of anilines is 1. The number of nitro groups is 1. The molecule has 1 heterocycles. The van der Waals surface area contributed by atoms with E-state index in [1.807, 2.05) is 0 Å². The zero-order valence-electron chi connectivity index (χ0n) is 17.5. The largest absolute Gasteiger partial charge is 0.507 e. The number of Topliss-reactive ketones (excluding diaryl/α,β-unsaturated/α-hetero) is 1. The average Bonchev–Trinajstić information content (AvgIpc) is 3.09. The highest BCUT2D eigenvalue weighted by molar-refractivity contribution is 6.51. The van der Waals surface area contributed by atoms with E-state index in [0.29, 0.717) is 11.1 Å². The van der Waals surface area contributed by atoms with Crippen LogP contribution in [0.25, 0.3) is 5.76 Å². The van der Waals surface area contributed by atoms with Crippen LogP contribution >= 0.6 is 11.6 Å². The van der Waals surface area contributed by atoms with E-state index >= 15 is 0 Å². The molecule has 1 fully saturated rings. The summed E-state index contributed by atoms with van der Waals surface area (Å²) >= 11 is 5.87. The zero-order valence-corrected chi connectivity index (χ0v) is 18.2. The molecule has 1 aliphatic rings. The molecule has 1 atom stereocenters. The minimum atomic E-state index is -4.71. The van der Waals surface area contributed by atoms with Crippen LogP contribution in [0.3, 0.4) is 0 Å². The van der Waals surface area contributed by atoms with Gasteiger partial charge in [-0.25, -0.2) is 0 Å². The van der Waals surface area contributed by atoms with Gasteiger partial charge in [0.25, 0.3) is 17.4 Å². The fourth-order valence-electron chi connectivity index (χ4n) is 3.79. The van der Waals surface area contributed by atoms with E-state index in [4.69, 9.17) is 11.6 Å². The predicted molar refractivity (Wildman–Crippen MR) is 121 cm³/mol. The van der Waals surface area contributed by atoms with E-state index in [-0.39, 0.29) is 28.1 Å². The lowest BCUT2D eigenvalue weighted by atomic mass is 9.95. The Morgan fingerprint density at radius 2 is 1.63 bits per heavy atom. The number of carbonyl (C=O) groups is 2. The average molecular weight is 503 g/mol. The van der Waals surface area contributed by atoms with Crippen LogP contribution in [0.5, 0.6) is 0 Å². The van der Waals surface area contributed by atoms with Crippen LogP contribution in [0.2, 0.25) is 5.02 Å². The van der Waals surface area contributed by atoms with Crippen molar-refractivity contribution >= 4 is 40.4 Å². The molecule has 0 spiro atoms. The number of aliphatic hydroxyl groups is 1. The second-order valence-electron chi connectivity index (χ2n) is 7.57. The maximum atomic E-state index is 13.3. The number of nitro benzene ring substituents is 1. The monoisotopic (exact) mass is 502 g/mol. The number of hydrogen-bond acceptors (Lipinski definition) is 5. The zero-order chi connectivity index (χ0) is 25.5. The first-order valence-electron chi connectivity index (χ1n) is 9.97. The highest BCUT2D eigenvalue weighted by atomic mass is 35.5. The number of benzene rings is 3. The van der Waals surface area contributed by atoms with Crippen LogP contribution in [-0.4, -0.2) is 21.7 Å². The Kier molecular flexibility index (Phi) is 6.08. The number of hydrogen-bond donors (Lipinski definition) is 1. The van der Waals surface area contributed by atoms with Gasteiger partial charge < -0.3 is 5.11 Å². The summed E-state index contributed by atoms with van der Waals surface area (Å²) in [5.41, 5.74) is -1.63. The summed E-state index contributed by atoms with van der Waals surface area (Å²) in [6.45, 7) is 0. The van der Waals surface area contributed by atoms with Crippen molar-refractivity contribution in [2.75, 3.05) is 4.90 Å². The van der Waals surface area contributed by atoms with E-state index in [2.05, 4.69) is 0 Å². The van der Waals surface area contributed by atoms with Gasteiger partial charge in [0.1, 0.15) is 5.76 Å². The maximum Gasteiger partial charge on any atom is 0.416 e. The van der Waals surface area contributed by atoms with Gasteiger partial charge in [0.15, 0.2) is 0 Å². The molecule has 0 radical (unpaired) electrons. The molecule has 0 aliphatic carbocycles. The van der Waals surface area contributed by atoms with Crippen LogP contribution in [0.4, 0.5) is 24.5 Å². The topological polar surface area (TPSA) is 101 Å². The molecule has 1 N–H and O–H groups in total. The number of rotatable bonds is 4. The molecule has 1 aliphatic heterocycles. The van der Waals surface area contributed by atoms with E-state index in [0.717, 1.165) is 29.2 Å². The molecule has 178 valence electrons. The van der Waals surface area contributed by atoms with E-state index in [1.165, 1.54) is 42.5 Å². The summed E-state index contributed by atoms with van der Waals surface area (Å²) in [6, 6.07) is 13.0. The lowest BCUT2D eigenvalue weighted by Crippen LogP contribution is -2.29. The molecule has 35 heavy (non-hydrogen) atoms. The fourth-order valence-corrected chi connectivity index (χ4v) is 3.91. The lowest BCUT2D eigenvalue weighted by Gasteiger charge is -2.26. The van der Waals surface area contributed by atoms with E-state index < -0.39 is 40.2 Å². The van der Waals surface area contributed by atoms with Crippen LogP contribution in [0, 0.1) is 10.1 Å². The van der Waals surface area contributed by atoms with Gasteiger partial charge in [-0.1, -0.05) is 17.7 Å². The molecule has 0 saturated carbocycles.